The largest absolute Gasteiger partial charge is 0.383 e. The lowest BCUT2D eigenvalue weighted by Gasteiger charge is -2.09. The molecule has 0 unspecified atom stereocenters. The van der Waals surface area contributed by atoms with Crippen LogP contribution in [0.4, 0.5) is 5.69 Å². The van der Waals surface area contributed by atoms with Gasteiger partial charge in [-0.1, -0.05) is 6.07 Å². The molecule has 0 aromatic heterocycles. The van der Waals surface area contributed by atoms with Crippen LogP contribution in [-0.4, -0.2) is 32.7 Å². The van der Waals surface area contributed by atoms with E-state index in [2.05, 4.69) is 16.7 Å². The van der Waals surface area contributed by atoms with Crippen molar-refractivity contribution in [3.63, 3.8) is 0 Å². The molecule has 1 rings (SSSR count). The number of anilines is 1. The summed E-state index contributed by atoms with van der Waals surface area (Å²) in [6.07, 6.45) is 0.364. The molecular formula is C14H19N3O2. The fourth-order valence-corrected chi connectivity index (χ4v) is 1.59. The lowest BCUT2D eigenvalue weighted by molar-refractivity contribution is -0.121. The maximum Gasteiger partial charge on any atom is 0.221 e. The highest BCUT2D eigenvalue weighted by atomic mass is 16.5. The average molecular weight is 261 g/mol. The minimum absolute atomic E-state index is 0.0317. The number of hydrogen-bond acceptors (Lipinski definition) is 4. The average Bonchev–Trinajstić information content (AvgIpc) is 2.39. The molecule has 0 atom stereocenters. The summed E-state index contributed by atoms with van der Waals surface area (Å²) in [6, 6.07) is 7.69. The predicted molar refractivity (Wildman–Crippen MR) is 73.9 cm³/mol. The van der Waals surface area contributed by atoms with Gasteiger partial charge in [0.15, 0.2) is 0 Å². The van der Waals surface area contributed by atoms with Gasteiger partial charge >= 0.3 is 0 Å². The van der Waals surface area contributed by atoms with Crippen LogP contribution < -0.4 is 10.6 Å². The Labute approximate surface area is 113 Å². The molecule has 0 saturated carbocycles. The monoisotopic (exact) mass is 261 g/mol. The summed E-state index contributed by atoms with van der Waals surface area (Å²) in [5.74, 6) is -0.0317. The van der Waals surface area contributed by atoms with Crippen LogP contribution in [0.15, 0.2) is 18.2 Å². The van der Waals surface area contributed by atoms with Gasteiger partial charge < -0.3 is 15.4 Å². The Morgan fingerprint density at radius 2 is 2.21 bits per heavy atom. The first-order chi connectivity index (χ1) is 9.17. The van der Waals surface area contributed by atoms with Gasteiger partial charge in [-0.3, -0.25) is 4.79 Å². The fraction of sp³-hybridized carbons (Fsp3) is 0.429. The minimum atomic E-state index is -0.0317. The summed E-state index contributed by atoms with van der Waals surface area (Å²) in [7, 11) is 1.59. The van der Waals surface area contributed by atoms with Crippen LogP contribution in [0.25, 0.3) is 0 Å². The molecule has 102 valence electrons. The Morgan fingerprint density at radius 3 is 2.89 bits per heavy atom. The number of nitrogens with zero attached hydrogens (tertiary/aromatic N) is 1. The molecule has 0 saturated heterocycles. The van der Waals surface area contributed by atoms with E-state index in [0.717, 1.165) is 11.3 Å². The van der Waals surface area contributed by atoms with E-state index in [1.807, 2.05) is 19.1 Å². The van der Waals surface area contributed by atoms with E-state index in [9.17, 15) is 4.79 Å². The molecule has 2 N–H and O–H groups in total. The second-order valence-electron chi connectivity index (χ2n) is 4.18. The highest BCUT2D eigenvalue weighted by Crippen LogP contribution is 2.16. The van der Waals surface area contributed by atoms with Crippen molar-refractivity contribution in [2.75, 3.05) is 32.1 Å². The topological polar surface area (TPSA) is 74.2 Å². The molecule has 0 fully saturated rings. The number of aryl methyl sites for hydroxylation is 1. The Bertz CT molecular complexity index is 466. The number of benzene rings is 1. The van der Waals surface area contributed by atoms with E-state index < -0.39 is 0 Å². The van der Waals surface area contributed by atoms with E-state index in [1.54, 1.807) is 13.2 Å². The Balaban J connectivity index is 2.39. The van der Waals surface area contributed by atoms with Crippen molar-refractivity contribution in [2.24, 2.45) is 0 Å². The smallest absolute Gasteiger partial charge is 0.221 e. The van der Waals surface area contributed by atoms with Crippen LogP contribution in [0.3, 0.4) is 0 Å². The molecule has 19 heavy (non-hydrogen) atoms. The molecule has 0 aliphatic rings. The molecule has 0 bridgehead atoms. The minimum Gasteiger partial charge on any atom is -0.383 e. The summed E-state index contributed by atoms with van der Waals surface area (Å²) in [6.45, 7) is 3.49. The summed E-state index contributed by atoms with van der Waals surface area (Å²) >= 11 is 0. The van der Waals surface area contributed by atoms with Gasteiger partial charge in [0.1, 0.15) is 6.07 Å². The second kappa shape index (κ2) is 8.11. The van der Waals surface area contributed by atoms with Crippen LogP contribution in [0.5, 0.6) is 0 Å². The zero-order chi connectivity index (χ0) is 14.1. The van der Waals surface area contributed by atoms with Crippen LogP contribution >= 0.6 is 0 Å². The number of carbonyl (C=O) groups excluding carboxylic acids is 1. The van der Waals surface area contributed by atoms with Crippen molar-refractivity contribution in [3.05, 3.63) is 29.3 Å². The number of carbonyl (C=O) groups is 1. The molecule has 0 heterocycles. The van der Waals surface area contributed by atoms with Gasteiger partial charge in [0.25, 0.3) is 0 Å². The summed E-state index contributed by atoms with van der Waals surface area (Å²) in [4.78, 5) is 11.5. The fourth-order valence-electron chi connectivity index (χ4n) is 1.59. The molecule has 1 aromatic rings. The van der Waals surface area contributed by atoms with Crippen molar-refractivity contribution >= 4 is 11.6 Å². The number of nitrogens with one attached hydrogen (secondary N) is 2. The third-order valence-electron chi connectivity index (χ3n) is 2.59. The molecule has 0 aliphatic heterocycles. The first-order valence-electron chi connectivity index (χ1n) is 6.17. The van der Waals surface area contributed by atoms with Crippen LogP contribution in [0.1, 0.15) is 17.5 Å². The molecule has 5 heteroatoms. The Kier molecular flexibility index (Phi) is 6.41. The summed E-state index contributed by atoms with van der Waals surface area (Å²) in [5, 5.41) is 14.8. The zero-order valence-corrected chi connectivity index (χ0v) is 11.3. The van der Waals surface area contributed by atoms with Crippen LogP contribution in [0.2, 0.25) is 0 Å². The number of amides is 1. The zero-order valence-electron chi connectivity index (χ0n) is 11.3. The van der Waals surface area contributed by atoms with Crippen molar-refractivity contribution in [1.82, 2.24) is 5.32 Å². The standard InChI is InChI=1S/C14H19N3O2/c1-11-3-4-12(10-15)13(9-11)16-6-5-14(18)17-7-8-19-2/h3-4,9,16H,5-8H2,1-2H3,(H,17,18). The number of methoxy groups -OCH3 is 1. The Morgan fingerprint density at radius 1 is 1.42 bits per heavy atom. The van der Waals surface area contributed by atoms with Gasteiger partial charge in [-0.2, -0.15) is 5.26 Å². The van der Waals surface area contributed by atoms with Crippen molar-refractivity contribution in [2.45, 2.75) is 13.3 Å². The number of rotatable bonds is 7. The maximum absolute atomic E-state index is 11.5. The molecule has 5 nitrogen and oxygen atoms in total. The number of nitriles is 1. The van der Waals surface area contributed by atoms with Gasteiger partial charge in [-0.05, 0) is 24.6 Å². The number of hydrogen-bond donors (Lipinski definition) is 2. The van der Waals surface area contributed by atoms with E-state index >= 15 is 0 Å². The highest BCUT2D eigenvalue weighted by molar-refractivity contribution is 5.76. The van der Waals surface area contributed by atoms with E-state index in [1.165, 1.54) is 0 Å². The van der Waals surface area contributed by atoms with Gasteiger partial charge in [0, 0.05) is 26.6 Å². The second-order valence-corrected chi connectivity index (χ2v) is 4.18. The third-order valence-corrected chi connectivity index (χ3v) is 2.59. The molecule has 0 spiro atoms. The lowest BCUT2D eigenvalue weighted by Crippen LogP contribution is -2.28. The van der Waals surface area contributed by atoms with Crippen molar-refractivity contribution in [3.8, 4) is 6.07 Å². The quantitative estimate of drug-likeness (QED) is 0.728. The molecule has 1 amide bonds. The maximum atomic E-state index is 11.5. The number of ether oxygens (including phenoxy) is 1. The molecule has 1 aromatic carbocycles. The van der Waals surface area contributed by atoms with Gasteiger partial charge in [0.05, 0.1) is 17.9 Å². The van der Waals surface area contributed by atoms with Gasteiger partial charge in [0.2, 0.25) is 5.91 Å². The van der Waals surface area contributed by atoms with E-state index in [4.69, 9.17) is 10.00 Å². The van der Waals surface area contributed by atoms with Crippen molar-refractivity contribution in [1.29, 1.82) is 5.26 Å². The van der Waals surface area contributed by atoms with E-state index in [-0.39, 0.29) is 5.91 Å². The van der Waals surface area contributed by atoms with E-state index in [0.29, 0.717) is 31.7 Å². The molecule has 0 radical (unpaired) electrons. The third kappa shape index (κ3) is 5.40. The van der Waals surface area contributed by atoms with Gasteiger partial charge in [-0.25, -0.2) is 0 Å². The summed E-state index contributed by atoms with van der Waals surface area (Å²) < 4.78 is 4.84. The van der Waals surface area contributed by atoms with Crippen LogP contribution in [-0.2, 0) is 9.53 Å². The highest BCUT2D eigenvalue weighted by Gasteiger charge is 2.03. The Hall–Kier alpha value is -2.06. The summed E-state index contributed by atoms with van der Waals surface area (Å²) in [5.41, 5.74) is 2.43. The first-order valence-corrected chi connectivity index (χ1v) is 6.17. The SMILES string of the molecule is COCCNC(=O)CCNc1cc(C)ccc1C#N. The van der Waals surface area contributed by atoms with Crippen LogP contribution in [0, 0.1) is 18.3 Å². The lowest BCUT2D eigenvalue weighted by atomic mass is 10.1. The first kappa shape index (κ1) is 15.0. The predicted octanol–water partition coefficient (Wildman–Crippen LogP) is 1.43. The molecular weight excluding hydrogens is 242 g/mol. The van der Waals surface area contributed by atoms with Gasteiger partial charge in [-0.15, -0.1) is 0 Å². The van der Waals surface area contributed by atoms with Crippen molar-refractivity contribution < 1.29 is 9.53 Å². The molecule has 0 aliphatic carbocycles. The normalized spacial score (nSPS) is 9.74.